The molecule has 0 spiro atoms. The lowest BCUT2D eigenvalue weighted by Crippen LogP contribution is -1.99. The fourth-order valence-electron chi connectivity index (χ4n) is 2.27. The molecule has 4 nitrogen and oxygen atoms in total. The molecule has 0 aliphatic rings. The lowest BCUT2D eigenvalue weighted by molar-refractivity contribution is 0.104. The van der Waals surface area contributed by atoms with Crippen molar-refractivity contribution in [3.05, 3.63) is 76.7 Å². The number of benzene rings is 2. The van der Waals surface area contributed by atoms with Gasteiger partial charge in [0.2, 0.25) is 0 Å². The van der Waals surface area contributed by atoms with Crippen molar-refractivity contribution in [2.45, 2.75) is 0 Å². The molecule has 6 heteroatoms. The minimum absolute atomic E-state index is 0.0190. The van der Waals surface area contributed by atoms with Gasteiger partial charge in [-0.2, -0.15) is 5.10 Å². The predicted molar refractivity (Wildman–Crippen MR) is 95.4 cm³/mol. The van der Waals surface area contributed by atoms with Crippen LogP contribution >= 0.6 is 11.6 Å². The molecule has 2 aromatic carbocycles. The van der Waals surface area contributed by atoms with E-state index >= 15 is 0 Å². The molecule has 0 bridgehead atoms. The Labute approximate surface area is 148 Å². The van der Waals surface area contributed by atoms with Gasteiger partial charge in [0.25, 0.3) is 0 Å². The van der Waals surface area contributed by atoms with E-state index in [2.05, 4.69) is 10.2 Å². The van der Waals surface area contributed by atoms with Gasteiger partial charge in [-0.15, -0.1) is 0 Å². The molecular weight excluding hydrogens is 343 g/mol. The third-order valence-corrected chi connectivity index (χ3v) is 3.85. The highest BCUT2D eigenvalue weighted by Crippen LogP contribution is 2.21. The molecule has 0 amide bonds. The van der Waals surface area contributed by atoms with E-state index in [0.29, 0.717) is 16.5 Å². The summed E-state index contributed by atoms with van der Waals surface area (Å²) >= 11 is 5.86. The zero-order valence-corrected chi connectivity index (χ0v) is 14.0. The van der Waals surface area contributed by atoms with Crippen LogP contribution in [0, 0.1) is 5.82 Å². The minimum Gasteiger partial charge on any atom is -0.497 e. The predicted octanol–water partition coefficient (Wildman–Crippen LogP) is 4.77. The second-order valence-corrected chi connectivity index (χ2v) is 5.70. The number of hydrogen-bond acceptors (Lipinski definition) is 3. The number of H-pyrrole nitrogens is 1. The summed E-state index contributed by atoms with van der Waals surface area (Å²) in [5, 5.41) is 7.65. The van der Waals surface area contributed by atoms with Crippen LogP contribution in [0.2, 0.25) is 5.02 Å². The molecule has 0 saturated carbocycles. The van der Waals surface area contributed by atoms with E-state index in [1.165, 1.54) is 25.3 Å². The van der Waals surface area contributed by atoms with Crippen molar-refractivity contribution < 1.29 is 13.9 Å². The standard InChI is InChI=1S/C19H14ClFN2O2/c1-25-15-7-8-16(17(21)11-15)19(24)9-6-14-10-18(23-22-14)12-2-4-13(20)5-3-12/h2-11H,1H3,(H,22,23). The van der Waals surface area contributed by atoms with E-state index in [9.17, 15) is 9.18 Å². The van der Waals surface area contributed by atoms with Gasteiger partial charge in [-0.1, -0.05) is 23.7 Å². The third-order valence-electron chi connectivity index (χ3n) is 3.59. The average molecular weight is 357 g/mol. The molecule has 0 atom stereocenters. The second-order valence-electron chi connectivity index (χ2n) is 5.26. The Kier molecular flexibility index (Phi) is 4.95. The fourth-order valence-corrected chi connectivity index (χ4v) is 2.39. The highest BCUT2D eigenvalue weighted by atomic mass is 35.5. The summed E-state index contributed by atoms with van der Waals surface area (Å²) in [5.41, 5.74) is 2.23. The monoisotopic (exact) mass is 356 g/mol. The molecule has 1 aromatic heterocycles. The van der Waals surface area contributed by atoms with Gasteiger partial charge in [0.1, 0.15) is 11.6 Å². The Morgan fingerprint density at radius 1 is 1.20 bits per heavy atom. The van der Waals surface area contributed by atoms with Crippen LogP contribution in [0.15, 0.2) is 54.6 Å². The number of allylic oxidation sites excluding steroid dienone is 1. The third kappa shape index (κ3) is 3.95. The molecule has 0 saturated heterocycles. The quantitative estimate of drug-likeness (QED) is 0.529. The van der Waals surface area contributed by atoms with Crippen molar-refractivity contribution in [1.29, 1.82) is 0 Å². The maximum absolute atomic E-state index is 13.9. The van der Waals surface area contributed by atoms with Gasteiger partial charge in [-0.3, -0.25) is 9.89 Å². The molecule has 1 heterocycles. The van der Waals surface area contributed by atoms with Crippen molar-refractivity contribution in [2.75, 3.05) is 7.11 Å². The zero-order chi connectivity index (χ0) is 17.8. The lowest BCUT2D eigenvalue weighted by atomic mass is 10.1. The van der Waals surface area contributed by atoms with Crippen molar-refractivity contribution in [2.24, 2.45) is 0 Å². The van der Waals surface area contributed by atoms with Crippen molar-refractivity contribution in [3.63, 3.8) is 0 Å². The van der Waals surface area contributed by atoms with Gasteiger partial charge in [0.05, 0.1) is 24.1 Å². The number of aromatic nitrogens is 2. The lowest BCUT2D eigenvalue weighted by Gasteiger charge is -2.02. The molecule has 0 aliphatic carbocycles. The number of rotatable bonds is 5. The first-order valence-electron chi connectivity index (χ1n) is 7.44. The maximum Gasteiger partial charge on any atom is 0.188 e. The molecule has 0 unspecified atom stereocenters. The first-order chi connectivity index (χ1) is 12.1. The molecule has 1 N–H and O–H groups in total. The Bertz CT molecular complexity index is 933. The van der Waals surface area contributed by atoms with Crippen LogP contribution in [0.25, 0.3) is 17.3 Å². The molecular formula is C19H14ClFN2O2. The van der Waals surface area contributed by atoms with Crippen LogP contribution in [-0.2, 0) is 0 Å². The first-order valence-corrected chi connectivity index (χ1v) is 7.82. The zero-order valence-electron chi connectivity index (χ0n) is 13.3. The Balaban J connectivity index is 1.76. The van der Waals surface area contributed by atoms with Gasteiger partial charge in [0, 0.05) is 16.7 Å². The molecule has 126 valence electrons. The highest BCUT2D eigenvalue weighted by Gasteiger charge is 2.10. The number of ether oxygens (including phenoxy) is 1. The van der Waals surface area contributed by atoms with Crippen molar-refractivity contribution >= 4 is 23.5 Å². The Morgan fingerprint density at radius 3 is 2.64 bits per heavy atom. The summed E-state index contributed by atoms with van der Waals surface area (Å²) in [6.07, 6.45) is 2.85. The van der Waals surface area contributed by atoms with Crippen LogP contribution in [0.5, 0.6) is 5.75 Å². The van der Waals surface area contributed by atoms with Gasteiger partial charge in [-0.05, 0) is 42.5 Å². The number of methoxy groups -OCH3 is 1. The van der Waals surface area contributed by atoms with E-state index in [1.54, 1.807) is 30.3 Å². The minimum atomic E-state index is -0.625. The van der Waals surface area contributed by atoms with Crippen LogP contribution in [0.1, 0.15) is 16.1 Å². The topological polar surface area (TPSA) is 55.0 Å². The van der Waals surface area contributed by atoms with E-state index in [0.717, 1.165) is 11.3 Å². The molecule has 25 heavy (non-hydrogen) atoms. The summed E-state index contributed by atoms with van der Waals surface area (Å²) in [4.78, 5) is 12.1. The van der Waals surface area contributed by atoms with Gasteiger partial charge in [-0.25, -0.2) is 4.39 Å². The van der Waals surface area contributed by atoms with Gasteiger partial charge < -0.3 is 4.74 Å². The van der Waals surface area contributed by atoms with E-state index < -0.39 is 11.6 Å². The summed E-state index contributed by atoms with van der Waals surface area (Å²) in [7, 11) is 1.44. The molecule has 3 aromatic rings. The van der Waals surface area contributed by atoms with E-state index in [1.807, 2.05) is 12.1 Å². The SMILES string of the molecule is COc1ccc(C(=O)C=Cc2cc(-c3ccc(Cl)cc3)n[nH]2)c(F)c1. The highest BCUT2D eigenvalue weighted by molar-refractivity contribution is 6.30. The summed E-state index contributed by atoms with van der Waals surface area (Å²) < 4.78 is 18.8. The van der Waals surface area contributed by atoms with Crippen LogP contribution < -0.4 is 4.74 Å². The number of aromatic amines is 1. The molecule has 0 aliphatic heterocycles. The normalized spacial score (nSPS) is 11.0. The number of carbonyl (C=O) groups is 1. The summed E-state index contributed by atoms with van der Waals surface area (Å²) in [6.45, 7) is 0. The second kappa shape index (κ2) is 7.32. The number of halogens is 2. The average Bonchev–Trinajstić information content (AvgIpc) is 3.09. The molecule has 3 rings (SSSR count). The molecule has 0 radical (unpaired) electrons. The largest absolute Gasteiger partial charge is 0.497 e. The van der Waals surface area contributed by atoms with E-state index in [-0.39, 0.29) is 5.56 Å². The number of carbonyl (C=O) groups excluding carboxylic acids is 1. The van der Waals surface area contributed by atoms with Crippen molar-refractivity contribution in [1.82, 2.24) is 10.2 Å². The van der Waals surface area contributed by atoms with Crippen molar-refractivity contribution in [3.8, 4) is 17.0 Å². The smallest absolute Gasteiger partial charge is 0.188 e. The summed E-state index contributed by atoms with van der Waals surface area (Å²) in [6, 6.07) is 13.2. The maximum atomic E-state index is 13.9. The van der Waals surface area contributed by atoms with Crippen LogP contribution in [0.4, 0.5) is 4.39 Å². The van der Waals surface area contributed by atoms with Crippen LogP contribution in [0.3, 0.4) is 0 Å². The van der Waals surface area contributed by atoms with E-state index in [4.69, 9.17) is 16.3 Å². The van der Waals surface area contributed by atoms with Crippen LogP contribution in [-0.4, -0.2) is 23.1 Å². The number of nitrogens with one attached hydrogen (secondary N) is 1. The Morgan fingerprint density at radius 2 is 1.96 bits per heavy atom. The summed E-state index contributed by atoms with van der Waals surface area (Å²) in [5.74, 6) is -0.706. The first kappa shape index (κ1) is 16.9. The number of nitrogens with zero attached hydrogens (tertiary/aromatic N) is 1. The number of ketones is 1. The number of hydrogen-bond donors (Lipinski definition) is 1. The molecule has 0 fully saturated rings. The fraction of sp³-hybridized carbons (Fsp3) is 0.0526. The van der Waals surface area contributed by atoms with Gasteiger partial charge in [0.15, 0.2) is 5.78 Å². The van der Waals surface area contributed by atoms with Gasteiger partial charge >= 0.3 is 0 Å². The Hall–Kier alpha value is -2.92.